The van der Waals surface area contributed by atoms with Gasteiger partial charge in [-0.3, -0.25) is 4.31 Å². The number of anilines is 1. The van der Waals surface area contributed by atoms with Gasteiger partial charge >= 0.3 is 5.97 Å². The molecule has 2 aromatic carbocycles. The summed E-state index contributed by atoms with van der Waals surface area (Å²) in [6.45, 7) is 0.346. The van der Waals surface area contributed by atoms with Crippen LogP contribution in [-0.2, 0) is 16.4 Å². The van der Waals surface area contributed by atoms with Crippen molar-refractivity contribution >= 4 is 21.7 Å². The Morgan fingerprint density at radius 2 is 1.89 bits per heavy atom. The molecule has 27 heavy (non-hydrogen) atoms. The van der Waals surface area contributed by atoms with Crippen LogP contribution in [0.3, 0.4) is 0 Å². The van der Waals surface area contributed by atoms with Gasteiger partial charge in [-0.1, -0.05) is 18.2 Å². The van der Waals surface area contributed by atoms with Crippen LogP contribution in [0.2, 0.25) is 0 Å². The molecule has 7 nitrogen and oxygen atoms in total. The highest BCUT2D eigenvalue weighted by Crippen LogP contribution is 2.32. The molecule has 1 aliphatic rings. The highest BCUT2D eigenvalue weighted by molar-refractivity contribution is 7.92. The molecule has 0 saturated heterocycles. The Labute approximate surface area is 156 Å². The number of carboxylic acid groups (broad SMARTS) is 1. The Morgan fingerprint density at radius 1 is 1.11 bits per heavy atom. The van der Waals surface area contributed by atoms with Gasteiger partial charge in [0.1, 0.15) is 4.90 Å². The number of aryl methyl sites for hydroxylation is 1. The lowest BCUT2D eigenvalue weighted by molar-refractivity contribution is 0.0696. The summed E-state index contributed by atoms with van der Waals surface area (Å²) in [6.07, 6.45) is 4.10. The molecule has 138 valence electrons. The third-order valence-electron chi connectivity index (χ3n) is 4.57. The van der Waals surface area contributed by atoms with E-state index in [1.165, 1.54) is 27.4 Å². The van der Waals surface area contributed by atoms with Gasteiger partial charge in [-0.25, -0.2) is 17.9 Å². The van der Waals surface area contributed by atoms with Gasteiger partial charge in [-0.05, 0) is 48.7 Å². The molecule has 1 aromatic heterocycles. The molecule has 0 bridgehead atoms. The van der Waals surface area contributed by atoms with Gasteiger partial charge in [0.25, 0.3) is 10.0 Å². The van der Waals surface area contributed by atoms with E-state index in [-0.39, 0.29) is 10.5 Å². The zero-order valence-electron chi connectivity index (χ0n) is 14.3. The van der Waals surface area contributed by atoms with E-state index in [1.54, 1.807) is 12.1 Å². The molecule has 1 N–H and O–H groups in total. The smallest absolute Gasteiger partial charge is 0.335 e. The molecule has 3 aromatic rings. The molecule has 0 atom stereocenters. The summed E-state index contributed by atoms with van der Waals surface area (Å²) in [6, 6.07) is 13.8. The molecule has 0 fully saturated rings. The van der Waals surface area contributed by atoms with E-state index in [1.807, 2.05) is 30.3 Å². The summed E-state index contributed by atoms with van der Waals surface area (Å²) in [4.78, 5) is 11.3. The number of aromatic nitrogens is 2. The van der Waals surface area contributed by atoms with Gasteiger partial charge in [0, 0.05) is 6.54 Å². The number of para-hydroxylation sites is 1. The average molecular weight is 383 g/mol. The van der Waals surface area contributed by atoms with Crippen molar-refractivity contribution in [3.8, 4) is 5.69 Å². The van der Waals surface area contributed by atoms with E-state index in [2.05, 4.69) is 5.10 Å². The lowest BCUT2D eigenvalue weighted by Crippen LogP contribution is -2.35. The predicted molar refractivity (Wildman–Crippen MR) is 99.8 cm³/mol. The number of carboxylic acids is 1. The van der Waals surface area contributed by atoms with Gasteiger partial charge in [-0.2, -0.15) is 5.10 Å². The molecule has 0 amide bonds. The largest absolute Gasteiger partial charge is 0.478 e. The van der Waals surface area contributed by atoms with Crippen LogP contribution in [0.15, 0.2) is 65.8 Å². The minimum atomic E-state index is -3.79. The van der Waals surface area contributed by atoms with Crippen molar-refractivity contribution in [1.82, 2.24) is 9.78 Å². The van der Waals surface area contributed by atoms with E-state index in [9.17, 15) is 13.2 Å². The fraction of sp³-hybridized carbons (Fsp3) is 0.158. The van der Waals surface area contributed by atoms with Crippen LogP contribution >= 0.6 is 0 Å². The normalized spacial score (nSPS) is 14.0. The molecule has 1 aliphatic heterocycles. The molecule has 0 radical (unpaired) electrons. The number of hydrogen-bond donors (Lipinski definition) is 1. The van der Waals surface area contributed by atoms with Crippen LogP contribution in [0.4, 0.5) is 5.69 Å². The Balaban J connectivity index is 1.72. The monoisotopic (exact) mass is 383 g/mol. The van der Waals surface area contributed by atoms with Crippen molar-refractivity contribution in [2.24, 2.45) is 0 Å². The van der Waals surface area contributed by atoms with E-state index in [0.29, 0.717) is 25.1 Å². The SMILES string of the molecule is O=C(O)c1ccc2c(c1)CCCN2S(=O)(=O)c1cnn(-c2ccccc2)c1. The van der Waals surface area contributed by atoms with Crippen LogP contribution in [0.25, 0.3) is 5.69 Å². The fourth-order valence-electron chi connectivity index (χ4n) is 3.23. The lowest BCUT2D eigenvalue weighted by Gasteiger charge is -2.30. The summed E-state index contributed by atoms with van der Waals surface area (Å²) in [7, 11) is -3.79. The van der Waals surface area contributed by atoms with E-state index in [4.69, 9.17) is 5.11 Å². The maximum atomic E-state index is 13.2. The third kappa shape index (κ3) is 3.08. The standard InChI is InChI=1S/C19H17N3O4S/c23-19(24)15-8-9-18-14(11-15)5-4-10-22(18)27(25,26)17-12-20-21(13-17)16-6-2-1-3-7-16/h1-3,6-9,11-13H,4-5,10H2,(H,23,24). The number of hydrogen-bond acceptors (Lipinski definition) is 4. The summed E-state index contributed by atoms with van der Waals surface area (Å²) < 4.78 is 29.2. The number of aromatic carboxylic acids is 1. The van der Waals surface area contributed by atoms with Gasteiger partial charge < -0.3 is 5.11 Å². The third-order valence-corrected chi connectivity index (χ3v) is 6.34. The van der Waals surface area contributed by atoms with Crippen molar-refractivity contribution in [3.05, 3.63) is 72.1 Å². The molecule has 0 unspecified atom stereocenters. The summed E-state index contributed by atoms with van der Waals surface area (Å²) in [5, 5.41) is 13.3. The minimum absolute atomic E-state index is 0.0986. The second-order valence-corrected chi connectivity index (χ2v) is 8.15. The minimum Gasteiger partial charge on any atom is -0.478 e. The molecule has 2 heterocycles. The molecule has 4 rings (SSSR count). The van der Waals surface area contributed by atoms with Gasteiger partial charge in [0.15, 0.2) is 0 Å². The van der Waals surface area contributed by atoms with Crippen molar-refractivity contribution in [3.63, 3.8) is 0 Å². The molecule has 0 aliphatic carbocycles. The first-order valence-electron chi connectivity index (χ1n) is 8.46. The van der Waals surface area contributed by atoms with Crippen LogP contribution in [0.5, 0.6) is 0 Å². The van der Waals surface area contributed by atoms with Crippen molar-refractivity contribution in [1.29, 1.82) is 0 Å². The summed E-state index contributed by atoms with van der Waals surface area (Å²) in [5.41, 5.74) is 2.17. The predicted octanol–water partition coefficient (Wildman–Crippen LogP) is 2.71. The van der Waals surface area contributed by atoms with Crippen LogP contribution < -0.4 is 4.31 Å². The first-order chi connectivity index (χ1) is 13.0. The Bertz CT molecular complexity index is 1110. The number of benzene rings is 2. The van der Waals surface area contributed by atoms with E-state index in [0.717, 1.165) is 11.3 Å². The van der Waals surface area contributed by atoms with Gasteiger partial charge in [0.2, 0.25) is 0 Å². The van der Waals surface area contributed by atoms with Crippen LogP contribution in [-0.4, -0.2) is 35.8 Å². The van der Waals surface area contributed by atoms with Crippen LogP contribution in [0.1, 0.15) is 22.3 Å². The van der Waals surface area contributed by atoms with E-state index >= 15 is 0 Å². The molecule has 0 spiro atoms. The molecular formula is C19H17N3O4S. The molecular weight excluding hydrogens is 366 g/mol. The summed E-state index contributed by atoms with van der Waals surface area (Å²) >= 11 is 0. The van der Waals surface area contributed by atoms with E-state index < -0.39 is 16.0 Å². The second-order valence-electron chi connectivity index (χ2n) is 6.29. The second kappa shape index (κ2) is 6.55. The Kier molecular flexibility index (Phi) is 4.19. The highest BCUT2D eigenvalue weighted by Gasteiger charge is 2.30. The number of carbonyl (C=O) groups is 1. The van der Waals surface area contributed by atoms with Crippen molar-refractivity contribution in [2.45, 2.75) is 17.7 Å². The van der Waals surface area contributed by atoms with Gasteiger partial charge in [0.05, 0.1) is 29.3 Å². The molecule has 8 heteroatoms. The number of rotatable bonds is 4. The molecule has 0 saturated carbocycles. The van der Waals surface area contributed by atoms with Crippen LogP contribution in [0, 0.1) is 0 Å². The zero-order valence-corrected chi connectivity index (χ0v) is 15.1. The first-order valence-corrected chi connectivity index (χ1v) is 9.90. The highest BCUT2D eigenvalue weighted by atomic mass is 32.2. The van der Waals surface area contributed by atoms with Crippen molar-refractivity contribution in [2.75, 3.05) is 10.8 Å². The maximum Gasteiger partial charge on any atom is 0.335 e. The zero-order chi connectivity index (χ0) is 19.0. The quantitative estimate of drug-likeness (QED) is 0.748. The number of nitrogens with zero attached hydrogens (tertiary/aromatic N) is 3. The Hall–Kier alpha value is -3.13. The van der Waals surface area contributed by atoms with Crippen molar-refractivity contribution < 1.29 is 18.3 Å². The number of fused-ring (bicyclic) bond motifs is 1. The maximum absolute atomic E-state index is 13.2. The average Bonchev–Trinajstić information content (AvgIpc) is 3.19. The lowest BCUT2D eigenvalue weighted by atomic mass is 10.0. The number of sulfonamides is 1. The van der Waals surface area contributed by atoms with Gasteiger partial charge in [-0.15, -0.1) is 0 Å². The Morgan fingerprint density at radius 3 is 2.63 bits per heavy atom. The summed E-state index contributed by atoms with van der Waals surface area (Å²) in [5.74, 6) is -1.03. The fourth-order valence-corrected chi connectivity index (χ4v) is 4.71. The topological polar surface area (TPSA) is 92.5 Å². The first kappa shape index (κ1) is 17.3.